The Labute approximate surface area is 487 Å². The number of carbonyl (C=O) groups is 1. The van der Waals surface area contributed by atoms with Gasteiger partial charge >= 0.3 is 5.97 Å². The first-order valence-corrected chi connectivity index (χ1v) is 29.3. The third-order valence-electron chi connectivity index (χ3n) is 16.1. The first-order chi connectivity index (χ1) is 40.0. The van der Waals surface area contributed by atoms with Gasteiger partial charge < -0.3 is 151 Å². The molecule has 28 unspecified atom stereocenters. The number of aliphatic hydroxyl groups is 16. The molecule has 0 aromatic rings. The molecule has 28 atom stereocenters. The van der Waals surface area contributed by atoms with Gasteiger partial charge in [-0.05, 0) is 12.8 Å². The summed E-state index contributed by atoms with van der Waals surface area (Å²) in [4.78, 5) is 13.4. The fraction of sp³-hybridized carbons (Fsp3) is 0.943. The molecular formula is C53H97N3O28. The van der Waals surface area contributed by atoms with E-state index in [1.807, 2.05) is 6.08 Å². The molecule has 0 aromatic heterocycles. The summed E-state index contributed by atoms with van der Waals surface area (Å²) in [7, 11) is 0. The number of nitrogens with two attached hydrogens (primary N) is 3. The van der Waals surface area contributed by atoms with E-state index in [0.29, 0.717) is 6.42 Å². The maximum atomic E-state index is 13.4. The Morgan fingerprint density at radius 1 is 0.571 bits per heavy atom. The van der Waals surface area contributed by atoms with Crippen LogP contribution < -0.4 is 17.2 Å². The Hall–Kier alpha value is -1.95. The molecule has 0 radical (unpaired) electrons. The van der Waals surface area contributed by atoms with Crippen LogP contribution in [0.5, 0.6) is 0 Å². The minimum atomic E-state index is -3.22. The zero-order valence-electron chi connectivity index (χ0n) is 47.4. The molecule has 23 N–H and O–H groups in total. The highest BCUT2D eigenvalue weighted by molar-refractivity contribution is 5.76. The van der Waals surface area contributed by atoms with Crippen molar-refractivity contribution in [2.24, 2.45) is 17.2 Å². The summed E-state index contributed by atoms with van der Waals surface area (Å²) >= 11 is 0. The molecule has 0 aliphatic carbocycles. The first kappa shape index (κ1) is 72.8. The first-order valence-electron chi connectivity index (χ1n) is 29.3. The van der Waals surface area contributed by atoms with Gasteiger partial charge in [0.2, 0.25) is 0 Å². The topological polar surface area (TPSA) is 531 Å². The van der Waals surface area contributed by atoms with Gasteiger partial charge in [-0.3, -0.25) is 0 Å². The number of aliphatic carboxylic acids is 1. The summed E-state index contributed by atoms with van der Waals surface area (Å²) in [6, 6.07) is -4.52. The van der Waals surface area contributed by atoms with Crippen LogP contribution in [0.25, 0.3) is 0 Å². The number of hydrogen-bond donors (Lipinski definition) is 20. The Balaban J connectivity index is 1.31. The molecule has 0 saturated carbocycles. The second-order valence-electron chi connectivity index (χ2n) is 22.5. The van der Waals surface area contributed by atoms with Crippen LogP contribution in [0, 0.1) is 0 Å². The van der Waals surface area contributed by atoms with Gasteiger partial charge in [-0.25, -0.2) is 4.79 Å². The molecule has 31 nitrogen and oxygen atoms in total. The van der Waals surface area contributed by atoms with Crippen LogP contribution in [0.15, 0.2) is 12.2 Å². The molecule has 5 aliphatic rings. The smallest absolute Gasteiger partial charge is 0.364 e. The highest BCUT2D eigenvalue weighted by atomic mass is 16.8. The van der Waals surface area contributed by atoms with Gasteiger partial charge in [0.05, 0.1) is 70.0 Å². The van der Waals surface area contributed by atoms with Crippen molar-refractivity contribution in [1.82, 2.24) is 0 Å². The van der Waals surface area contributed by atoms with Crippen molar-refractivity contribution in [2.75, 3.05) is 39.6 Å². The standard InChI is InChI=1S/C53H97N3O28/c1-2-3-4-5-6-7-8-9-10-11-12-13-14-15-16-17-26(62)25(54)24-75-49-41(71)39(69)43(31(22-60)78-49)80-51-42(72)47(84-53(52(73)74)18-27(63)33(55)46(83-53)35(65)28(64)19-57)44(32(23-61)79-51)81-48-34(56)45(37(67)30(21-59)76-48)82-50-40(70)38(68)36(66)29(20-58)77-50/h16-17,25-51,57-72H,2-15,18-24,54-56H2,1H3,(H,73,74). The van der Waals surface area contributed by atoms with E-state index in [-0.39, 0.29) is 0 Å². The number of carboxylic acid groups (broad SMARTS) is 1. The molecule has 492 valence electrons. The summed E-state index contributed by atoms with van der Waals surface area (Å²) in [6.07, 6.45) is -27.8. The molecule has 5 rings (SSSR count). The van der Waals surface area contributed by atoms with Gasteiger partial charge in [0.15, 0.2) is 25.2 Å². The molecule has 0 amide bonds. The number of allylic oxidation sites excluding steroid dienone is 1. The Bertz CT molecular complexity index is 1890. The largest absolute Gasteiger partial charge is 0.477 e. The van der Waals surface area contributed by atoms with E-state index >= 15 is 0 Å². The molecule has 0 bridgehead atoms. The number of ether oxygens (including phenoxy) is 10. The van der Waals surface area contributed by atoms with Crippen LogP contribution in [0.4, 0.5) is 0 Å². The van der Waals surface area contributed by atoms with Crippen molar-refractivity contribution in [3.05, 3.63) is 12.2 Å². The second-order valence-corrected chi connectivity index (χ2v) is 22.5. The normalized spacial score (nSPS) is 41.1. The maximum absolute atomic E-state index is 13.4. The lowest BCUT2D eigenvalue weighted by atomic mass is 9.88. The maximum Gasteiger partial charge on any atom is 0.364 e. The predicted octanol–water partition coefficient (Wildman–Crippen LogP) is -7.04. The Morgan fingerprint density at radius 3 is 1.63 bits per heavy atom. The van der Waals surface area contributed by atoms with Gasteiger partial charge in [0.1, 0.15) is 110 Å². The summed E-state index contributed by atoms with van der Waals surface area (Å²) in [5.41, 5.74) is 18.8. The summed E-state index contributed by atoms with van der Waals surface area (Å²) in [5.74, 6) is -5.29. The van der Waals surface area contributed by atoms with Crippen LogP contribution in [0.1, 0.15) is 103 Å². The van der Waals surface area contributed by atoms with E-state index < -0.39 is 223 Å². The molecule has 5 saturated heterocycles. The Morgan fingerprint density at radius 2 is 1.06 bits per heavy atom. The molecule has 0 aromatic carbocycles. The lowest BCUT2D eigenvalue weighted by Gasteiger charge is -2.52. The van der Waals surface area contributed by atoms with E-state index in [2.05, 4.69) is 6.92 Å². The van der Waals surface area contributed by atoms with Crippen molar-refractivity contribution >= 4 is 5.97 Å². The number of hydrogen-bond acceptors (Lipinski definition) is 30. The molecule has 5 fully saturated rings. The van der Waals surface area contributed by atoms with Crippen LogP contribution in [-0.4, -0.2) is 304 Å². The van der Waals surface area contributed by atoms with Crippen molar-refractivity contribution in [3.63, 3.8) is 0 Å². The minimum absolute atomic E-state index is 0.428. The minimum Gasteiger partial charge on any atom is -0.477 e. The van der Waals surface area contributed by atoms with Crippen molar-refractivity contribution in [3.8, 4) is 0 Å². The lowest BCUT2D eigenvalue weighted by Crippen LogP contribution is -2.71. The van der Waals surface area contributed by atoms with Crippen molar-refractivity contribution < 1.29 is 139 Å². The van der Waals surface area contributed by atoms with Gasteiger partial charge in [-0.15, -0.1) is 0 Å². The van der Waals surface area contributed by atoms with E-state index in [1.54, 1.807) is 0 Å². The zero-order valence-corrected chi connectivity index (χ0v) is 47.4. The van der Waals surface area contributed by atoms with Crippen LogP contribution in [0.2, 0.25) is 0 Å². The van der Waals surface area contributed by atoms with Gasteiger partial charge in [0.25, 0.3) is 5.79 Å². The molecule has 0 spiro atoms. The number of aliphatic hydroxyl groups excluding tert-OH is 16. The third kappa shape index (κ3) is 18.8. The van der Waals surface area contributed by atoms with Crippen LogP contribution >= 0.6 is 0 Å². The quantitative estimate of drug-likeness (QED) is 0.0207. The predicted molar refractivity (Wildman–Crippen MR) is 285 cm³/mol. The monoisotopic (exact) mass is 1220 g/mol. The number of carboxylic acids is 1. The van der Waals surface area contributed by atoms with E-state index in [0.717, 1.165) is 19.3 Å². The molecular weight excluding hydrogens is 1130 g/mol. The zero-order chi connectivity index (χ0) is 62.0. The highest BCUT2D eigenvalue weighted by Crippen LogP contribution is 2.40. The molecule has 5 heterocycles. The van der Waals surface area contributed by atoms with Gasteiger partial charge in [0, 0.05) is 6.42 Å². The van der Waals surface area contributed by atoms with E-state index in [1.165, 1.54) is 70.3 Å². The lowest BCUT2D eigenvalue weighted by molar-refractivity contribution is -0.402. The Kier molecular flexibility index (Phi) is 30.7. The van der Waals surface area contributed by atoms with Crippen LogP contribution in [0.3, 0.4) is 0 Å². The SMILES string of the molecule is CCCCCCCCCCCCCCCC=CC(O)C(N)COC1OC(CO)C(OC2OC(CO)C(OC3OC(CO)C(O)C(OC4OC(CO)C(O)C(O)C4O)C3N)C(OC3(C(=O)O)CC(O)C(N)C(C(O)C(O)CO)O3)C2O)C(O)C1O. The van der Waals surface area contributed by atoms with E-state index in [9.17, 15) is 91.6 Å². The average Bonchev–Trinajstić information content (AvgIpc) is 3.68. The van der Waals surface area contributed by atoms with Crippen LogP contribution in [-0.2, 0) is 52.2 Å². The summed E-state index contributed by atoms with van der Waals surface area (Å²) in [5, 5.41) is 183. The summed E-state index contributed by atoms with van der Waals surface area (Å²) < 4.78 is 58.2. The summed E-state index contributed by atoms with van der Waals surface area (Å²) in [6.45, 7) is -3.35. The number of unbranched alkanes of at least 4 members (excludes halogenated alkanes) is 13. The second kappa shape index (κ2) is 35.4. The highest BCUT2D eigenvalue weighted by Gasteiger charge is 2.61. The molecule has 31 heteroatoms. The third-order valence-corrected chi connectivity index (χ3v) is 16.1. The molecule has 5 aliphatic heterocycles. The average molecular weight is 1220 g/mol. The van der Waals surface area contributed by atoms with Gasteiger partial charge in [-0.1, -0.05) is 96.1 Å². The van der Waals surface area contributed by atoms with Gasteiger partial charge in [-0.2, -0.15) is 0 Å². The van der Waals surface area contributed by atoms with E-state index in [4.69, 9.17) is 64.6 Å². The number of rotatable bonds is 35. The van der Waals surface area contributed by atoms with Crippen molar-refractivity contribution in [2.45, 2.75) is 274 Å². The van der Waals surface area contributed by atoms with Crippen molar-refractivity contribution in [1.29, 1.82) is 0 Å². The molecule has 84 heavy (non-hydrogen) atoms. The fourth-order valence-electron chi connectivity index (χ4n) is 10.9. The fourth-order valence-corrected chi connectivity index (χ4v) is 10.9.